The number of rotatable bonds is 4. The third-order valence-electron chi connectivity index (χ3n) is 3.37. The van der Waals surface area contributed by atoms with Gasteiger partial charge in [0, 0.05) is 30.5 Å². The van der Waals surface area contributed by atoms with Crippen LogP contribution in [0.1, 0.15) is 28.7 Å². The van der Waals surface area contributed by atoms with Gasteiger partial charge >= 0.3 is 5.69 Å². The minimum absolute atomic E-state index is 0.0202. The van der Waals surface area contributed by atoms with Crippen molar-refractivity contribution in [2.75, 3.05) is 0 Å². The van der Waals surface area contributed by atoms with Crippen molar-refractivity contribution in [2.24, 2.45) is 7.05 Å². The first kappa shape index (κ1) is 13.3. The van der Waals surface area contributed by atoms with Crippen LogP contribution in [-0.4, -0.2) is 24.7 Å². The van der Waals surface area contributed by atoms with Crippen molar-refractivity contribution in [3.63, 3.8) is 0 Å². The second kappa shape index (κ2) is 4.87. The molecule has 6 heteroatoms. The molecule has 0 saturated carbocycles. The number of aromatic nitrogens is 4. The molecule has 6 nitrogen and oxygen atoms in total. The summed E-state index contributed by atoms with van der Waals surface area (Å²) in [6.07, 6.45) is 1.41. The summed E-state index contributed by atoms with van der Waals surface area (Å²) in [4.78, 5) is 23.9. The van der Waals surface area contributed by atoms with Crippen LogP contribution in [0, 0.1) is 13.8 Å². The Bertz CT molecular complexity index is 675. The monoisotopic (exact) mass is 262 g/mol. The van der Waals surface area contributed by atoms with E-state index in [-0.39, 0.29) is 18.0 Å². The molecule has 0 aliphatic rings. The summed E-state index contributed by atoms with van der Waals surface area (Å²) in [5, 5.41) is 3.90. The highest BCUT2D eigenvalue weighted by Gasteiger charge is 2.16. The number of carbonyl (C=O) groups is 1. The Morgan fingerprint density at radius 1 is 1.37 bits per heavy atom. The standard InChI is InChI=1S/C13H18N4O2/c1-5-16-9(2)6-11(10(16)3)12(18)7-17-13(19)15(4)8-14-17/h6,8H,5,7H2,1-4H3. The van der Waals surface area contributed by atoms with Crippen molar-refractivity contribution >= 4 is 5.78 Å². The molecule has 0 aliphatic heterocycles. The molecule has 0 unspecified atom stereocenters. The first-order valence-electron chi connectivity index (χ1n) is 6.24. The van der Waals surface area contributed by atoms with Gasteiger partial charge in [-0.25, -0.2) is 9.48 Å². The number of nitrogens with zero attached hydrogens (tertiary/aromatic N) is 4. The van der Waals surface area contributed by atoms with Gasteiger partial charge in [0.05, 0.1) is 0 Å². The molecule has 0 amide bonds. The summed E-state index contributed by atoms with van der Waals surface area (Å²) < 4.78 is 4.61. The zero-order valence-electron chi connectivity index (χ0n) is 11.7. The smallest absolute Gasteiger partial charge is 0.345 e. The number of carbonyl (C=O) groups excluding carboxylic acids is 1. The predicted molar refractivity (Wildman–Crippen MR) is 71.4 cm³/mol. The lowest BCUT2D eigenvalue weighted by molar-refractivity contribution is 0.0965. The van der Waals surface area contributed by atoms with Crippen molar-refractivity contribution in [1.82, 2.24) is 18.9 Å². The molecule has 0 saturated heterocycles. The third kappa shape index (κ3) is 2.25. The molecule has 0 bridgehead atoms. The molecule has 0 fully saturated rings. The molecule has 0 radical (unpaired) electrons. The first-order valence-corrected chi connectivity index (χ1v) is 6.24. The van der Waals surface area contributed by atoms with Gasteiger partial charge in [0.2, 0.25) is 0 Å². The second-order valence-electron chi connectivity index (χ2n) is 4.63. The molecular weight excluding hydrogens is 244 g/mol. The molecular formula is C13H18N4O2. The van der Waals surface area contributed by atoms with Gasteiger partial charge in [-0.3, -0.25) is 9.36 Å². The summed E-state index contributed by atoms with van der Waals surface area (Å²) in [6, 6.07) is 1.87. The molecule has 2 heterocycles. The van der Waals surface area contributed by atoms with Crippen molar-refractivity contribution in [3.8, 4) is 0 Å². The summed E-state index contributed by atoms with van der Waals surface area (Å²) in [6.45, 7) is 6.74. The zero-order chi connectivity index (χ0) is 14.2. The van der Waals surface area contributed by atoms with E-state index in [0.717, 1.165) is 17.9 Å². The first-order chi connectivity index (χ1) is 8.95. The Balaban J connectivity index is 2.31. The minimum atomic E-state index is -0.280. The van der Waals surface area contributed by atoms with E-state index in [2.05, 4.69) is 9.67 Å². The molecule has 0 N–H and O–H groups in total. The molecule has 0 aliphatic carbocycles. The van der Waals surface area contributed by atoms with E-state index < -0.39 is 0 Å². The van der Waals surface area contributed by atoms with Crippen LogP contribution < -0.4 is 5.69 Å². The molecule has 0 spiro atoms. The van der Waals surface area contributed by atoms with E-state index in [0.29, 0.717) is 5.56 Å². The Morgan fingerprint density at radius 2 is 2.05 bits per heavy atom. The molecule has 19 heavy (non-hydrogen) atoms. The number of ketones is 1. The molecule has 2 rings (SSSR count). The lowest BCUT2D eigenvalue weighted by atomic mass is 10.1. The van der Waals surface area contributed by atoms with E-state index in [4.69, 9.17) is 0 Å². The van der Waals surface area contributed by atoms with Gasteiger partial charge in [-0.05, 0) is 26.8 Å². The van der Waals surface area contributed by atoms with E-state index in [1.807, 2.05) is 26.8 Å². The topological polar surface area (TPSA) is 61.8 Å². The zero-order valence-corrected chi connectivity index (χ0v) is 11.7. The van der Waals surface area contributed by atoms with E-state index in [9.17, 15) is 9.59 Å². The van der Waals surface area contributed by atoms with Crippen LogP contribution in [-0.2, 0) is 20.1 Å². The minimum Gasteiger partial charge on any atom is -0.349 e. The number of Topliss-reactive ketones (excluding diaryl/α,β-unsaturated/α-hetero) is 1. The molecule has 0 aromatic carbocycles. The maximum absolute atomic E-state index is 12.3. The van der Waals surface area contributed by atoms with Gasteiger partial charge in [-0.15, -0.1) is 0 Å². The van der Waals surface area contributed by atoms with Crippen LogP contribution in [0.4, 0.5) is 0 Å². The molecule has 2 aromatic rings. The predicted octanol–water partition coefficient (Wildman–Crippen LogP) is 0.903. The molecule has 102 valence electrons. The highest BCUT2D eigenvalue weighted by atomic mass is 16.2. The van der Waals surface area contributed by atoms with Crippen LogP contribution in [0.3, 0.4) is 0 Å². The summed E-state index contributed by atoms with van der Waals surface area (Å²) in [5.74, 6) is -0.0893. The van der Waals surface area contributed by atoms with E-state index in [1.165, 1.54) is 15.6 Å². The Labute approximate surface area is 111 Å². The molecule has 0 atom stereocenters. The number of aryl methyl sites for hydroxylation is 2. The van der Waals surface area contributed by atoms with Crippen LogP contribution in [0.25, 0.3) is 0 Å². The second-order valence-corrected chi connectivity index (χ2v) is 4.63. The summed E-state index contributed by atoms with van der Waals surface area (Å²) >= 11 is 0. The summed E-state index contributed by atoms with van der Waals surface area (Å²) in [7, 11) is 1.61. The van der Waals surface area contributed by atoms with Crippen molar-refractivity contribution in [1.29, 1.82) is 0 Å². The lowest BCUT2D eigenvalue weighted by Crippen LogP contribution is -2.26. The van der Waals surface area contributed by atoms with Crippen LogP contribution in [0.5, 0.6) is 0 Å². The van der Waals surface area contributed by atoms with Gasteiger partial charge < -0.3 is 4.57 Å². The average molecular weight is 262 g/mol. The Hall–Kier alpha value is -2.11. The number of hydrogen-bond donors (Lipinski definition) is 0. The van der Waals surface area contributed by atoms with Crippen molar-refractivity contribution in [2.45, 2.75) is 33.9 Å². The maximum atomic E-state index is 12.3. The SMILES string of the molecule is CCn1c(C)cc(C(=O)Cn2ncn(C)c2=O)c1C. The van der Waals surface area contributed by atoms with Gasteiger partial charge in [-0.1, -0.05) is 0 Å². The van der Waals surface area contributed by atoms with E-state index >= 15 is 0 Å². The van der Waals surface area contributed by atoms with Crippen LogP contribution in [0.15, 0.2) is 17.2 Å². The van der Waals surface area contributed by atoms with E-state index in [1.54, 1.807) is 7.05 Å². The fourth-order valence-corrected chi connectivity index (χ4v) is 2.32. The fourth-order valence-electron chi connectivity index (χ4n) is 2.32. The average Bonchev–Trinajstić information content (AvgIpc) is 2.83. The summed E-state index contributed by atoms with van der Waals surface area (Å²) in [5.41, 5.74) is 2.38. The van der Waals surface area contributed by atoms with Gasteiger partial charge in [0.15, 0.2) is 5.78 Å². The third-order valence-corrected chi connectivity index (χ3v) is 3.37. The van der Waals surface area contributed by atoms with Gasteiger partial charge in [0.25, 0.3) is 0 Å². The Morgan fingerprint density at radius 3 is 2.53 bits per heavy atom. The highest BCUT2D eigenvalue weighted by molar-refractivity contribution is 5.97. The quantitative estimate of drug-likeness (QED) is 0.769. The van der Waals surface area contributed by atoms with Crippen molar-refractivity contribution < 1.29 is 4.79 Å². The van der Waals surface area contributed by atoms with Crippen LogP contribution in [0.2, 0.25) is 0 Å². The van der Waals surface area contributed by atoms with Crippen molar-refractivity contribution in [3.05, 3.63) is 39.8 Å². The molecule has 2 aromatic heterocycles. The largest absolute Gasteiger partial charge is 0.349 e. The number of hydrogen-bond acceptors (Lipinski definition) is 3. The van der Waals surface area contributed by atoms with Crippen LogP contribution >= 0.6 is 0 Å². The Kier molecular flexibility index (Phi) is 3.42. The fraction of sp³-hybridized carbons (Fsp3) is 0.462. The lowest BCUT2D eigenvalue weighted by Gasteiger charge is -2.05. The highest BCUT2D eigenvalue weighted by Crippen LogP contribution is 2.15. The van der Waals surface area contributed by atoms with Gasteiger partial charge in [-0.2, -0.15) is 5.10 Å². The normalized spacial score (nSPS) is 10.9. The maximum Gasteiger partial charge on any atom is 0.345 e. The van der Waals surface area contributed by atoms with Gasteiger partial charge in [0.1, 0.15) is 12.9 Å².